The van der Waals surface area contributed by atoms with Crippen LogP contribution in [0.25, 0.3) is 10.6 Å². The van der Waals surface area contributed by atoms with Crippen LogP contribution in [0.2, 0.25) is 5.02 Å². The Morgan fingerprint density at radius 1 is 1.36 bits per heavy atom. The zero-order valence-corrected chi connectivity index (χ0v) is 16.0. The van der Waals surface area contributed by atoms with Gasteiger partial charge in [0.2, 0.25) is 5.13 Å². The Bertz CT molecular complexity index is 863. The number of hydrazone groups is 1. The molecule has 0 amide bonds. The minimum atomic E-state index is 0.476. The molecule has 0 fully saturated rings. The van der Waals surface area contributed by atoms with E-state index in [4.69, 9.17) is 21.1 Å². The van der Waals surface area contributed by atoms with Crippen molar-refractivity contribution in [1.29, 1.82) is 0 Å². The van der Waals surface area contributed by atoms with Gasteiger partial charge in [0, 0.05) is 5.38 Å². The first-order valence-electron chi connectivity index (χ1n) is 7.50. The second kappa shape index (κ2) is 8.33. The van der Waals surface area contributed by atoms with Crippen molar-refractivity contribution in [2.75, 3.05) is 19.1 Å². The van der Waals surface area contributed by atoms with Crippen LogP contribution in [0, 0.1) is 0 Å². The molecule has 25 heavy (non-hydrogen) atoms. The highest BCUT2D eigenvalue weighted by molar-refractivity contribution is 7.15. The van der Waals surface area contributed by atoms with Crippen LogP contribution >= 0.6 is 34.3 Å². The van der Waals surface area contributed by atoms with E-state index in [9.17, 15) is 0 Å². The van der Waals surface area contributed by atoms with Crippen LogP contribution in [0.3, 0.4) is 0 Å². The number of rotatable bonds is 7. The van der Waals surface area contributed by atoms with Crippen LogP contribution in [0.5, 0.6) is 11.5 Å². The second-order valence-electron chi connectivity index (χ2n) is 4.85. The summed E-state index contributed by atoms with van der Waals surface area (Å²) in [4.78, 5) is 5.64. The lowest BCUT2D eigenvalue weighted by molar-refractivity contribution is 0.311. The van der Waals surface area contributed by atoms with Crippen LogP contribution < -0.4 is 14.9 Å². The molecular weight excluding hydrogens is 378 g/mol. The third kappa shape index (κ3) is 4.31. The number of thiazole rings is 1. The van der Waals surface area contributed by atoms with Gasteiger partial charge in [-0.05, 0) is 36.1 Å². The average molecular weight is 394 g/mol. The van der Waals surface area contributed by atoms with Gasteiger partial charge in [-0.25, -0.2) is 4.98 Å². The van der Waals surface area contributed by atoms with Gasteiger partial charge in [0.05, 0.1) is 35.5 Å². The highest BCUT2D eigenvalue weighted by Crippen LogP contribution is 2.36. The molecule has 1 aromatic carbocycles. The van der Waals surface area contributed by atoms with Crippen LogP contribution in [-0.4, -0.2) is 24.9 Å². The van der Waals surface area contributed by atoms with Gasteiger partial charge < -0.3 is 9.47 Å². The summed E-state index contributed by atoms with van der Waals surface area (Å²) in [5.41, 5.74) is 4.69. The number of anilines is 1. The van der Waals surface area contributed by atoms with Crippen LogP contribution in [-0.2, 0) is 0 Å². The van der Waals surface area contributed by atoms with Crippen molar-refractivity contribution in [2.45, 2.75) is 6.92 Å². The Hall–Kier alpha value is -2.09. The quantitative estimate of drug-likeness (QED) is 0.432. The maximum Gasteiger partial charge on any atom is 0.203 e. The van der Waals surface area contributed by atoms with Gasteiger partial charge in [-0.1, -0.05) is 17.7 Å². The summed E-state index contributed by atoms with van der Waals surface area (Å²) in [5.74, 6) is 1.11. The maximum absolute atomic E-state index is 6.23. The average Bonchev–Trinajstić information content (AvgIpc) is 3.26. The first-order valence-corrected chi connectivity index (χ1v) is 9.63. The Morgan fingerprint density at radius 3 is 2.96 bits per heavy atom. The number of nitrogens with zero attached hydrogens (tertiary/aromatic N) is 2. The van der Waals surface area contributed by atoms with Crippen LogP contribution in [0.1, 0.15) is 12.5 Å². The summed E-state index contributed by atoms with van der Waals surface area (Å²) in [5, 5.41) is 9.46. The lowest BCUT2D eigenvalue weighted by Crippen LogP contribution is -1.98. The summed E-state index contributed by atoms with van der Waals surface area (Å²) in [6.07, 6.45) is 1.67. The van der Waals surface area contributed by atoms with E-state index in [2.05, 4.69) is 15.5 Å². The number of hydrogen-bond donors (Lipinski definition) is 1. The number of nitrogens with one attached hydrogen (secondary N) is 1. The molecule has 8 heteroatoms. The van der Waals surface area contributed by atoms with Crippen LogP contribution in [0.4, 0.5) is 5.13 Å². The van der Waals surface area contributed by atoms with Crippen molar-refractivity contribution in [1.82, 2.24) is 4.98 Å². The molecule has 0 spiro atoms. The molecule has 3 rings (SSSR count). The van der Waals surface area contributed by atoms with Gasteiger partial charge in [-0.15, -0.1) is 22.7 Å². The predicted molar refractivity (Wildman–Crippen MR) is 106 cm³/mol. The lowest BCUT2D eigenvalue weighted by Gasteiger charge is -2.11. The van der Waals surface area contributed by atoms with Crippen molar-refractivity contribution < 1.29 is 9.47 Å². The highest BCUT2D eigenvalue weighted by atomic mass is 35.5. The zero-order chi connectivity index (χ0) is 17.6. The topological polar surface area (TPSA) is 55.7 Å². The largest absolute Gasteiger partial charge is 0.491 e. The second-order valence-corrected chi connectivity index (χ2v) is 7.07. The van der Waals surface area contributed by atoms with E-state index < -0.39 is 0 Å². The summed E-state index contributed by atoms with van der Waals surface area (Å²) < 4.78 is 10.8. The van der Waals surface area contributed by atoms with Gasteiger partial charge in [-0.3, -0.25) is 5.43 Å². The van der Waals surface area contributed by atoms with E-state index in [0.717, 1.165) is 21.3 Å². The first-order chi connectivity index (χ1) is 12.2. The van der Waals surface area contributed by atoms with Crippen molar-refractivity contribution in [3.63, 3.8) is 0 Å². The summed E-state index contributed by atoms with van der Waals surface area (Å²) in [6, 6.07) is 7.65. The molecule has 130 valence electrons. The maximum atomic E-state index is 6.23. The number of benzene rings is 1. The van der Waals surface area contributed by atoms with Crippen LogP contribution in [0.15, 0.2) is 40.1 Å². The molecule has 0 saturated carbocycles. The molecule has 0 aliphatic heterocycles. The highest BCUT2D eigenvalue weighted by Gasteiger charge is 2.10. The van der Waals surface area contributed by atoms with E-state index in [0.29, 0.717) is 23.1 Å². The Morgan fingerprint density at radius 2 is 2.24 bits per heavy atom. The SMILES string of the molecule is CCOc1cc(/C=N\Nc2nc(-c3cccs3)cs2)cc(Cl)c1OC. The number of aromatic nitrogens is 1. The molecule has 0 unspecified atom stereocenters. The molecule has 2 aromatic heterocycles. The van der Waals surface area contributed by atoms with E-state index in [1.54, 1.807) is 30.7 Å². The molecule has 0 aliphatic carbocycles. The first kappa shape index (κ1) is 17.7. The fraction of sp³-hybridized carbons (Fsp3) is 0.176. The minimum Gasteiger partial charge on any atom is -0.491 e. The predicted octanol–water partition coefficient (Wildman–Crippen LogP) is 5.38. The minimum absolute atomic E-state index is 0.476. The number of halogens is 1. The molecule has 0 bridgehead atoms. The fourth-order valence-corrected chi connectivity index (χ4v) is 3.86. The monoisotopic (exact) mass is 393 g/mol. The zero-order valence-electron chi connectivity index (χ0n) is 13.7. The van der Waals surface area contributed by atoms with Gasteiger partial charge in [0.25, 0.3) is 0 Å². The van der Waals surface area contributed by atoms with Gasteiger partial charge >= 0.3 is 0 Å². The molecule has 5 nitrogen and oxygen atoms in total. The van der Waals surface area contributed by atoms with Gasteiger partial charge in [-0.2, -0.15) is 5.10 Å². The number of hydrogen-bond acceptors (Lipinski definition) is 7. The third-order valence-electron chi connectivity index (χ3n) is 3.19. The summed E-state index contributed by atoms with van der Waals surface area (Å²) in [7, 11) is 1.56. The third-order valence-corrected chi connectivity index (χ3v) is 5.11. The van der Waals surface area contributed by atoms with Gasteiger partial charge in [0.15, 0.2) is 11.5 Å². The molecule has 0 radical (unpaired) electrons. The number of thiophene rings is 1. The lowest BCUT2D eigenvalue weighted by atomic mass is 10.2. The fourth-order valence-electron chi connectivity index (χ4n) is 2.15. The Balaban J connectivity index is 1.72. The van der Waals surface area contributed by atoms with Crippen molar-refractivity contribution in [2.24, 2.45) is 5.10 Å². The Kier molecular flexibility index (Phi) is 5.91. The standard InChI is InChI=1S/C17H16ClN3O2S2/c1-3-23-14-8-11(7-12(18)16(14)22-2)9-19-21-17-20-13(10-25-17)15-5-4-6-24-15/h4-10H,3H2,1-2H3,(H,20,21)/b19-9-. The van der Waals surface area contributed by atoms with Gasteiger partial charge in [0.1, 0.15) is 0 Å². The molecule has 0 atom stereocenters. The van der Waals surface area contributed by atoms with Crippen molar-refractivity contribution in [3.8, 4) is 22.1 Å². The van der Waals surface area contributed by atoms with E-state index >= 15 is 0 Å². The van der Waals surface area contributed by atoms with Crippen molar-refractivity contribution in [3.05, 3.63) is 45.6 Å². The summed E-state index contributed by atoms with van der Waals surface area (Å²) >= 11 is 9.39. The molecule has 1 N–H and O–H groups in total. The smallest absolute Gasteiger partial charge is 0.203 e. The Labute approximate surface area is 158 Å². The molecule has 3 aromatic rings. The summed E-state index contributed by atoms with van der Waals surface area (Å²) in [6.45, 7) is 2.43. The molecular formula is C17H16ClN3O2S2. The van der Waals surface area contributed by atoms with E-state index in [-0.39, 0.29) is 0 Å². The molecule has 0 aliphatic rings. The molecule has 0 saturated heterocycles. The number of ether oxygens (including phenoxy) is 2. The van der Waals surface area contributed by atoms with E-state index in [1.807, 2.05) is 35.9 Å². The van der Waals surface area contributed by atoms with E-state index in [1.165, 1.54) is 11.3 Å². The number of methoxy groups -OCH3 is 1. The van der Waals surface area contributed by atoms with Crippen molar-refractivity contribution >= 4 is 45.6 Å². The molecule has 2 heterocycles. The normalized spacial score (nSPS) is 11.0.